The van der Waals surface area contributed by atoms with Gasteiger partial charge in [-0.2, -0.15) is 0 Å². The summed E-state index contributed by atoms with van der Waals surface area (Å²) in [6.45, 7) is 4.39. The lowest BCUT2D eigenvalue weighted by atomic mass is 10.0. The van der Waals surface area contributed by atoms with Gasteiger partial charge in [0.25, 0.3) is 0 Å². The Labute approximate surface area is 161 Å². The molecule has 5 nitrogen and oxygen atoms in total. The van der Waals surface area contributed by atoms with Gasteiger partial charge in [0.15, 0.2) is 0 Å². The Balaban J connectivity index is 1.50. The highest BCUT2D eigenvalue weighted by molar-refractivity contribution is 5.89. The molecule has 1 aliphatic rings. The number of nitrogens with one attached hydrogen (secondary N) is 2. The van der Waals surface area contributed by atoms with Crippen LogP contribution < -0.4 is 15.4 Å². The number of hydrogen-bond acceptors (Lipinski definition) is 3. The fraction of sp³-hybridized carbons (Fsp3) is 0.350. The SMILES string of the molecule is CC1(NC(=O)Nc2ccc(OC(F)(F)F)cc2)CCN(Cc2ccccc2)C1. The summed E-state index contributed by atoms with van der Waals surface area (Å²) >= 11 is 0. The number of hydrogen-bond donors (Lipinski definition) is 2. The van der Waals surface area contributed by atoms with Gasteiger partial charge in [-0.3, -0.25) is 4.90 Å². The Bertz CT molecular complexity index is 797. The number of carbonyl (C=O) groups excluding carboxylic acids is 1. The highest BCUT2D eigenvalue weighted by Gasteiger charge is 2.35. The zero-order chi connectivity index (χ0) is 20.2. The number of ether oxygens (including phenoxy) is 1. The number of anilines is 1. The van der Waals surface area contributed by atoms with Crippen molar-refractivity contribution < 1.29 is 22.7 Å². The van der Waals surface area contributed by atoms with Gasteiger partial charge in [-0.1, -0.05) is 30.3 Å². The van der Waals surface area contributed by atoms with Crippen molar-refractivity contribution in [2.75, 3.05) is 18.4 Å². The number of likely N-dealkylation sites (tertiary alicyclic amines) is 1. The predicted octanol–water partition coefficient (Wildman–Crippen LogP) is 4.37. The molecular formula is C20H22F3N3O2. The van der Waals surface area contributed by atoms with Gasteiger partial charge in [0, 0.05) is 25.3 Å². The smallest absolute Gasteiger partial charge is 0.406 e. The van der Waals surface area contributed by atoms with E-state index in [9.17, 15) is 18.0 Å². The lowest BCUT2D eigenvalue weighted by Gasteiger charge is -2.26. The van der Waals surface area contributed by atoms with E-state index in [1.54, 1.807) is 0 Å². The van der Waals surface area contributed by atoms with Crippen LogP contribution in [-0.2, 0) is 6.54 Å². The van der Waals surface area contributed by atoms with E-state index in [4.69, 9.17) is 0 Å². The van der Waals surface area contributed by atoms with E-state index < -0.39 is 12.4 Å². The molecule has 8 heteroatoms. The highest BCUT2D eigenvalue weighted by atomic mass is 19.4. The molecule has 2 amide bonds. The number of rotatable bonds is 5. The summed E-state index contributed by atoms with van der Waals surface area (Å²) < 4.78 is 40.4. The van der Waals surface area contributed by atoms with Crippen molar-refractivity contribution in [2.45, 2.75) is 31.8 Å². The van der Waals surface area contributed by atoms with Gasteiger partial charge in [0.05, 0.1) is 5.54 Å². The van der Waals surface area contributed by atoms with Gasteiger partial charge in [0.1, 0.15) is 5.75 Å². The van der Waals surface area contributed by atoms with Gasteiger partial charge in [-0.25, -0.2) is 4.79 Å². The molecule has 0 aromatic heterocycles. The summed E-state index contributed by atoms with van der Waals surface area (Å²) in [5.41, 5.74) is 1.23. The fourth-order valence-electron chi connectivity index (χ4n) is 3.31. The number of benzene rings is 2. The van der Waals surface area contributed by atoms with Crippen LogP contribution in [0.5, 0.6) is 5.75 Å². The molecule has 1 atom stereocenters. The molecule has 150 valence electrons. The van der Waals surface area contributed by atoms with Crippen molar-refractivity contribution in [3.63, 3.8) is 0 Å². The van der Waals surface area contributed by atoms with Crippen LogP contribution in [0, 0.1) is 0 Å². The molecule has 2 aromatic rings. The standard InChI is InChI=1S/C20H22F3N3O2/c1-19(11-12-26(14-19)13-15-5-3-2-4-6-15)25-18(27)24-16-7-9-17(10-8-16)28-20(21,22)23/h2-10H,11-14H2,1H3,(H2,24,25,27). The first kappa shape index (κ1) is 20.0. The second-order valence-corrected chi connectivity index (χ2v) is 7.16. The molecule has 1 saturated heterocycles. The van der Waals surface area contributed by atoms with Crippen LogP contribution in [0.2, 0.25) is 0 Å². The minimum absolute atomic E-state index is 0.335. The maximum Gasteiger partial charge on any atom is 0.573 e. The van der Waals surface area contributed by atoms with Crippen LogP contribution in [0.15, 0.2) is 54.6 Å². The first-order chi connectivity index (χ1) is 13.2. The van der Waals surface area contributed by atoms with Crippen LogP contribution in [0.25, 0.3) is 0 Å². The predicted molar refractivity (Wildman–Crippen MR) is 100 cm³/mol. The molecule has 0 bridgehead atoms. The molecule has 28 heavy (non-hydrogen) atoms. The number of amides is 2. The van der Waals surface area contributed by atoms with Crippen LogP contribution in [0.1, 0.15) is 18.9 Å². The van der Waals surface area contributed by atoms with E-state index in [2.05, 4.69) is 32.4 Å². The number of nitrogens with zero attached hydrogens (tertiary/aromatic N) is 1. The zero-order valence-corrected chi connectivity index (χ0v) is 15.4. The molecule has 0 aliphatic carbocycles. The summed E-state index contributed by atoms with van der Waals surface area (Å²) in [6.07, 6.45) is -3.93. The Kier molecular flexibility index (Phi) is 5.79. The molecule has 1 fully saturated rings. The molecule has 2 aromatic carbocycles. The second kappa shape index (κ2) is 8.10. The highest BCUT2D eigenvalue weighted by Crippen LogP contribution is 2.25. The molecule has 0 saturated carbocycles. The average molecular weight is 393 g/mol. The number of carbonyl (C=O) groups is 1. The lowest BCUT2D eigenvalue weighted by molar-refractivity contribution is -0.274. The van der Waals surface area contributed by atoms with E-state index in [0.29, 0.717) is 12.2 Å². The molecule has 0 radical (unpaired) electrons. The third-order valence-corrected chi connectivity index (χ3v) is 4.56. The molecule has 1 heterocycles. The summed E-state index contributed by atoms with van der Waals surface area (Å²) in [7, 11) is 0. The number of alkyl halides is 3. The normalized spacial score (nSPS) is 20.0. The monoisotopic (exact) mass is 393 g/mol. The van der Waals surface area contributed by atoms with Gasteiger partial charge in [-0.15, -0.1) is 13.2 Å². The first-order valence-corrected chi connectivity index (χ1v) is 8.92. The van der Waals surface area contributed by atoms with Crippen molar-refractivity contribution in [3.05, 3.63) is 60.2 Å². The molecule has 0 spiro atoms. The molecule has 1 aliphatic heterocycles. The van der Waals surface area contributed by atoms with Crippen molar-refractivity contribution in [3.8, 4) is 5.75 Å². The molecular weight excluding hydrogens is 371 g/mol. The Morgan fingerprint density at radius 3 is 2.46 bits per heavy atom. The fourth-order valence-corrected chi connectivity index (χ4v) is 3.31. The minimum Gasteiger partial charge on any atom is -0.406 e. The quantitative estimate of drug-likeness (QED) is 0.793. The van der Waals surface area contributed by atoms with Crippen molar-refractivity contribution >= 4 is 11.7 Å². The number of halogens is 3. The summed E-state index contributed by atoms with van der Waals surface area (Å²) in [6, 6.07) is 14.8. The van der Waals surface area contributed by atoms with E-state index in [1.807, 2.05) is 25.1 Å². The summed E-state index contributed by atoms with van der Waals surface area (Å²) in [5.74, 6) is -0.335. The van der Waals surface area contributed by atoms with E-state index in [-0.39, 0.29) is 11.3 Å². The maximum atomic E-state index is 12.3. The largest absolute Gasteiger partial charge is 0.573 e. The molecule has 2 N–H and O–H groups in total. The van der Waals surface area contributed by atoms with Crippen LogP contribution in [0.4, 0.5) is 23.7 Å². The zero-order valence-electron chi connectivity index (χ0n) is 15.4. The maximum absolute atomic E-state index is 12.3. The Morgan fingerprint density at radius 2 is 1.82 bits per heavy atom. The first-order valence-electron chi connectivity index (χ1n) is 8.92. The van der Waals surface area contributed by atoms with Gasteiger partial charge >= 0.3 is 12.4 Å². The third-order valence-electron chi connectivity index (χ3n) is 4.56. The molecule has 3 rings (SSSR count). The Morgan fingerprint density at radius 1 is 1.14 bits per heavy atom. The second-order valence-electron chi connectivity index (χ2n) is 7.16. The summed E-state index contributed by atoms with van der Waals surface area (Å²) in [4.78, 5) is 14.6. The van der Waals surface area contributed by atoms with Crippen LogP contribution >= 0.6 is 0 Å². The van der Waals surface area contributed by atoms with Gasteiger partial charge in [-0.05, 0) is 43.2 Å². The molecule has 1 unspecified atom stereocenters. The van der Waals surface area contributed by atoms with E-state index in [0.717, 1.165) is 31.6 Å². The van der Waals surface area contributed by atoms with Crippen molar-refractivity contribution in [2.24, 2.45) is 0 Å². The van der Waals surface area contributed by atoms with Crippen molar-refractivity contribution in [1.82, 2.24) is 10.2 Å². The van der Waals surface area contributed by atoms with Gasteiger partial charge < -0.3 is 15.4 Å². The van der Waals surface area contributed by atoms with Crippen LogP contribution in [0.3, 0.4) is 0 Å². The Hall–Kier alpha value is -2.74. The number of urea groups is 1. The minimum atomic E-state index is -4.74. The lowest BCUT2D eigenvalue weighted by Crippen LogP contribution is -2.49. The van der Waals surface area contributed by atoms with E-state index in [1.165, 1.54) is 17.7 Å². The van der Waals surface area contributed by atoms with Crippen molar-refractivity contribution in [1.29, 1.82) is 0 Å². The topological polar surface area (TPSA) is 53.6 Å². The average Bonchev–Trinajstić information content (AvgIpc) is 2.96. The van der Waals surface area contributed by atoms with Gasteiger partial charge in [0.2, 0.25) is 0 Å². The summed E-state index contributed by atoms with van der Waals surface area (Å²) in [5, 5.41) is 5.61. The van der Waals surface area contributed by atoms with E-state index >= 15 is 0 Å². The van der Waals surface area contributed by atoms with Crippen LogP contribution in [-0.4, -0.2) is 35.9 Å². The third kappa shape index (κ3) is 5.88.